The van der Waals surface area contributed by atoms with Crippen molar-refractivity contribution in [3.8, 4) is 0 Å². The predicted octanol–water partition coefficient (Wildman–Crippen LogP) is 1.51. The zero-order valence-electron chi connectivity index (χ0n) is 11.6. The van der Waals surface area contributed by atoms with Gasteiger partial charge in [-0.05, 0) is 25.5 Å². The Morgan fingerprint density at radius 2 is 2.05 bits per heavy atom. The van der Waals surface area contributed by atoms with Crippen molar-refractivity contribution >= 4 is 16.8 Å². The van der Waals surface area contributed by atoms with Crippen molar-refractivity contribution in [2.45, 2.75) is 26.8 Å². The quantitative estimate of drug-likeness (QED) is 0.785. The number of imidazole rings is 1. The van der Waals surface area contributed by atoms with Crippen LogP contribution in [0.25, 0.3) is 16.8 Å². The van der Waals surface area contributed by atoms with E-state index in [1.54, 1.807) is 4.40 Å². The Morgan fingerprint density at radius 3 is 2.75 bits per heavy atom. The average molecular weight is 271 g/mol. The van der Waals surface area contributed by atoms with Gasteiger partial charge in [0.15, 0.2) is 0 Å². The second-order valence-electron chi connectivity index (χ2n) is 4.83. The number of hydrogen-bond donors (Lipinski definition) is 1. The van der Waals surface area contributed by atoms with Crippen LogP contribution in [0.4, 0.5) is 0 Å². The Morgan fingerprint density at radius 1 is 1.30 bits per heavy atom. The summed E-state index contributed by atoms with van der Waals surface area (Å²) in [6, 6.07) is 7.60. The summed E-state index contributed by atoms with van der Waals surface area (Å²) < 4.78 is 3.57. The fourth-order valence-electron chi connectivity index (χ4n) is 2.77. The van der Waals surface area contributed by atoms with Crippen molar-refractivity contribution in [1.82, 2.24) is 14.0 Å². The summed E-state index contributed by atoms with van der Waals surface area (Å²) in [5.41, 5.74) is 3.25. The first kappa shape index (κ1) is 12.9. The summed E-state index contributed by atoms with van der Waals surface area (Å²) in [5.74, 6) is 0.597. The second kappa shape index (κ2) is 4.76. The second-order valence-corrected chi connectivity index (χ2v) is 4.83. The highest BCUT2D eigenvalue weighted by Crippen LogP contribution is 2.17. The molecule has 0 spiro atoms. The van der Waals surface area contributed by atoms with Gasteiger partial charge in [-0.3, -0.25) is 4.79 Å². The lowest BCUT2D eigenvalue weighted by Gasteiger charge is -2.14. The van der Waals surface area contributed by atoms with E-state index >= 15 is 0 Å². The van der Waals surface area contributed by atoms with Crippen molar-refractivity contribution in [3.05, 3.63) is 45.9 Å². The monoisotopic (exact) mass is 271 g/mol. The van der Waals surface area contributed by atoms with Crippen LogP contribution in [0.1, 0.15) is 18.2 Å². The molecule has 0 atom stereocenters. The Labute approximate surface area is 116 Å². The standard InChI is InChI=1S/C15H17N3O2/c1-3-11-10(2)17(8-9-19)15-16-12-6-4-5-7-13(12)18(15)14(11)20/h4-7,19H,3,8-9H2,1-2H3. The lowest BCUT2D eigenvalue weighted by Crippen LogP contribution is -2.25. The zero-order valence-corrected chi connectivity index (χ0v) is 11.6. The van der Waals surface area contributed by atoms with Crippen molar-refractivity contribution in [3.63, 3.8) is 0 Å². The van der Waals surface area contributed by atoms with Crippen molar-refractivity contribution in [2.75, 3.05) is 6.61 Å². The molecule has 0 unspecified atom stereocenters. The van der Waals surface area contributed by atoms with Crippen LogP contribution in [-0.4, -0.2) is 25.7 Å². The molecular weight excluding hydrogens is 254 g/mol. The van der Waals surface area contributed by atoms with Gasteiger partial charge in [-0.15, -0.1) is 0 Å². The van der Waals surface area contributed by atoms with E-state index in [0.29, 0.717) is 18.7 Å². The molecule has 3 rings (SSSR count). The first-order chi connectivity index (χ1) is 9.69. The van der Waals surface area contributed by atoms with Crippen LogP contribution in [0.2, 0.25) is 0 Å². The smallest absolute Gasteiger partial charge is 0.262 e. The first-order valence-corrected chi connectivity index (χ1v) is 6.79. The molecule has 0 aliphatic rings. The highest BCUT2D eigenvalue weighted by Gasteiger charge is 2.16. The zero-order chi connectivity index (χ0) is 14.3. The minimum atomic E-state index is -0.0112. The minimum Gasteiger partial charge on any atom is -0.395 e. The molecule has 104 valence electrons. The number of fused-ring (bicyclic) bond motifs is 3. The molecule has 0 saturated carbocycles. The number of rotatable bonds is 3. The van der Waals surface area contributed by atoms with E-state index in [1.807, 2.05) is 42.7 Å². The van der Waals surface area contributed by atoms with Gasteiger partial charge in [0.1, 0.15) is 0 Å². The summed E-state index contributed by atoms with van der Waals surface area (Å²) in [4.78, 5) is 17.2. The van der Waals surface area contributed by atoms with E-state index in [0.717, 1.165) is 22.3 Å². The van der Waals surface area contributed by atoms with Crippen molar-refractivity contribution in [1.29, 1.82) is 0 Å². The van der Waals surface area contributed by atoms with Crippen molar-refractivity contribution in [2.24, 2.45) is 0 Å². The Hall–Kier alpha value is -2.14. The third-order valence-corrected chi connectivity index (χ3v) is 3.76. The van der Waals surface area contributed by atoms with Gasteiger partial charge in [-0.25, -0.2) is 9.38 Å². The lowest BCUT2D eigenvalue weighted by atomic mass is 10.2. The molecule has 1 N–H and O–H groups in total. The average Bonchev–Trinajstić information content (AvgIpc) is 2.83. The van der Waals surface area contributed by atoms with Gasteiger partial charge in [0.25, 0.3) is 5.56 Å². The van der Waals surface area contributed by atoms with E-state index in [9.17, 15) is 9.90 Å². The molecule has 20 heavy (non-hydrogen) atoms. The summed E-state index contributed by atoms with van der Waals surface area (Å²) in [6.07, 6.45) is 0.665. The summed E-state index contributed by atoms with van der Waals surface area (Å²) >= 11 is 0. The Bertz CT molecular complexity index is 846. The van der Waals surface area contributed by atoms with Gasteiger partial charge < -0.3 is 9.67 Å². The van der Waals surface area contributed by atoms with Crippen molar-refractivity contribution < 1.29 is 5.11 Å². The number of aliphatic hydroxyl groups is 1. The van der Waals surface area contributed by atoms with E-state index in [1.165, 1.54) is 0 Å². The number of aliphatic hydroxyl groups excluding tert-OH is 1. The third-order valence-electron chi connectivity index (χ3n) is 3.76. The molecule has 2 heterocycles. The molecule has 3 aromatic rings. The summed E-state index contributed by atoms with van der Waals surface area (Å²) in [6.45, 7) is 4.34. The van der Waals surface area contributed by atoms with Crippen LogP contribution >= 0.6 is 0 Å². The van der Waals surface area contributed by atoms with Crippen LogP contribution in [0.15, 0.2) is 29.1 Å². The number of nitrogens with zero attached hydrogens (tertiary/aromatic N) is 3. The molecule has 0 aliphatic carbocycles. The number of benzene rings is 1. The van der Waals surface area contributed by atoms with E-state index in [2.05, 4.69) is 4.98 Å². The highest BCUT2D eigenvalue weighted by atomic mass is 16.3. The van der Waals surface area contributed by atoms with Crippen LogP contribution in [-0.2, 0) is 13.0 Å². The number of hydrogen-bond acceptors (Lipinski definition) is 3. The third kappa shape index (κ3) is 1.67. The van der Waals surface area contributed by atoms with E-state index in [-0.39, 0.29) is 12.2 Å². The fourth-order valence-corrected chi connectivity index (χ4v) is 2.77. The van der Waals surface area contributed by atoms with Crippen LogP contribution in [0, 0.1) is 6.92 Å². The van der Waals surface area contributed by atoms with Crippen LogP contribution < -0.4 is 5.56 Å². The molecule has 0 aliphatic heterocycles. The Kier molecular flexibility index (Phi) is 3.06. The number of aromatic nitrogens is 3. The minimum absolute atomic E-state index is 0.0112. The maximum absolute atomic E-state index is 12.7. The molecule has 0 bridgehead atoms. The highest BCUT2D eigenvalue weighted by molar-refractivity contribution is 5.79. The van der Waals surface area contributed by atoms with E-state index < -0.39 is 0 Å². The normalized spacial score (nSPS) is 11.6. The van der Waals surface area contributed by atoms with Gasteiger partial charge in [0.05, 0.1) is 17.6 Å². The largest absolute Gasteiger partial charge is 0.395 e. The molecule has 1 aromatic carbocycles. The molecule has 0 radical (unpaired) electrons. The first-order valence-electron chi connectivity index (χ1n) is 6.79. The molecule has 0 amide bonds. The SMILES string of the molecule is CCc1c(C)n(CCO)c2nc3ccccc3n2c1=O. The van der Waals surface area contributed by atoms with Gasteiger partial charge in [0, 0.05) is 17.8 Å². The van der Waals surface area contributed by atoms with Gasteiger partial charge in [0.2, 0.25) is 5.78 Å². The van der Waals surface area contributed by atoms with E-state index in [4.69, 9.17) is 0 Å². The van der Waals surface area contributed by atoms with Gasteiger partial charge in [-0.1, -0.05) is 19.1 Å². The molecule has 5 nitrogen and oxygen atoms in total. The van der Waals surface area contributed by atoms with Crippen LogP contribution in [0.5, 0.6) is 0 Å². The number of para-hydroxylation sites is 2. The fraction of sp³-hybridized carbons (Fsp3) is 0.333. The topological polar surface area (TPSA) is 59.5 Å². The molecule has 5 heteroatoms. The summed E-state index contributed by atoms with van der Waals surface area (Å²) in [5, 5.41) is 9.28. The van der Waals surface area contributed by atoms with Crippen LogP contribution in [0.3, 0.4) is 0 Å². The maximum atomic E-state index is 12.7. The lowest BCUT2D eigenvalue weighted by molar-refractivity contribution is 0.275. The maximum Gasteiger partial charge on any atom is 0.262 e. The predicted molar refractivity (Wildman–Crippen MR) is 78.2 cm³/mol. The van der Waals surface area contributed by atoms with Gasteiger partial charge in [-0.2, -0.15) is 0 Å². The van der Waals surface area contributed by atoms with Gasteiger partial charge >= 0.3 is 0 Å². The molecule has 0 saturated heterocycles. The molecular formula is C15H17N3O2. The molecule has 2 aromatic heterocycles. The molecule has 0 fully saturated rings. The Balaban J connectivity index is 2.56. The summed E-state index contributed by atoms with van der Waals surface area (Å²) in [7, 11) is 0.